The number of hydrogen-bond acceptors (Lipinski definition) is 5. The Morgan fingerprint density at radius 3 is 2.26 bits per heavy atom. The van der Waals surface area contributed by atoms with Crippen molar-refractivity contribution in [2.24, 2.45) is 5.92 Å². The molecular formula is C25H19F3N2O4. The van der Waals surface area contributed by atoms with Gasteiger partial charge in [0.15, 0.2) is 6.10 Å². The fourth-order valence-corrected chi connectivity index (χ4v) is 4.45. The van der Waals surface area contributed by atoms with E-state index in [0.29, 0.717) is 17.0 Å². The maximum absolute atomic E-state index is 13.6. The Balaban J connectivity index is 1.58. The number of alkyl halides is 3. The average Bonchev–Trinajstić information content (AvgIpc) is 3.35. The van der Waals surface area contributed by atoms with Crippen LogP contribution in [0.1, 0.15) is 17.2 Å². The lowest BCUT2D eigenvalue weighted by Crippen LogP contribution is -2.37. The normalized spacial score (nSPS) is 22.3. The molecular weight excluding hydrogens is 449 g/mol. The van der Waals surface area contributed by atoms with E-state index in [2.05, 4.69) is 0 Å². The molecule has 174 valence electrons. The first-order valence-corrected chi connectivity index (χ1v) is 10.5. The molecule has 0 aromatic heterocycles. The van der Waals surface area contributed by atoms with E-state index < -0.39 is 41.6 Å². The fraction of sp³-hybridized carbons (Fsp3) is 0.200. The molecule has 3 atom stereocenters. The van der Waals surface area contributed by atoms with E-state index in [9.17, 15) is 22.8 Å². The number of rotatable bonds is 4. The number of para-hydroxylation sites is 1. The highest BCUT2D eigenvalue weighted by Gasteiger charge is 2.60. The van der Waals surface area contributed by atoms with Crippen LogP contribution >= 0.6 is 0 Å². The molecule has 2 amide bonds. The van der Waals surface area contributed by atoms with E-state index in [4.69, 9.17) is 9.57 Å². The summed E-state index contributed by atoms with van der Waals surface area (Å²) in [5.74, 6) is -1.74. The Kier molecular flexibility index (Phi) is 5.28. The van der Waals surface area contributed by atoms with Gasteiger partial charge in [-0.1, -0.05) is 36.4 Å². The molecule has 0 radical (unpaired) electrons. The molecule has 2 saturated heterocycles. The van der Waals surface area contributed by atoms with Crippen molar-refractivity contribution in [2.75, 3.05) is 17.1 Å². The van der Waals surface area contributed by atoms with E-state index >= 15 is 0 Å². The molecule has 34 heavy (non-hydrogen) atoms. The van der Waals surface area contributed by atoms with E-state index in [1.54, 1.807) is 48.5 Å². The van der Waals surface area contributed by atoms with Crippen LogP contribution in [0.4, 0.5) is 24.5 Å². The van der Waals surface area contributed by atoms with Crippen LogP contribution in [0.2, 0.25) is 0 Å². The topological polar surface area (TPSA) is 59.1 Å². The van der Waals surface area contributed by atoms with Gasteiger partial charge in [-0.3, -0.25) is 14.4 Å². The summed E-state index contributed by atoms with van der Waals surface area (Å²) in [7, 11) is 1.52. The maximum atomic E-state index is 13.6. The van der Waals surface area contributed by atoms with Crippen LogP contribution in [0, 0.1) is 5.92 Å². The highest BCUT2D eigenvalue weighted by atomic mass is 19.4. The Hall–Kier alpha value is -3.85. The molecule has 2 aliphatic rings. The summed E-state index contributed by atoms with van der Waals surface area (Å²) in [5.41, 5.74) is 0.219. The van der Waals surface area contributed by atoms with Crippen LogP contribution in [0.15, 0.2) is 78.9 Å². The van der Waals surface area contributed by atoms with Crippen molar-refractivity contribution < 1.29 is 32.3 Å². The Morgan fingerprint density at radius 1 is 0.853 bits per heavy atom. The van der Waals surface area contributed by atoms with Crippen molar-refractivity contribution in [3.63, 3.8) is 0 Å². The van der Waals surface area contributed by atoms with Gasteiger partial charge in [0.05, 0.1) is 30.1 Å². The van der Waals surface area contributed by atoms with Gasteiger partial charge < -0.3 is 4.74 Å². The maximum Gasteiger partial charge on any atom is 0.416 e. The minimum absolute atomic E-state index is 0.140. The SMILES string of the molecule is COc1cccc(C2C3C(=O)N(c4cccc(C(F)(F)F)c4)C(=O)C3ON2c2ccccc2)c1. The second kappa shape index (κ2) is 8.18. The van der Waals surface area contributed by atoms with Crippen molar-refractivity contribution >= 4 is 23.2 Å². The van der Waals surface area contributed by atoms with Crippen molar-refractivity contribution in [3.05, 3.63) is 90.0 Å². The highest BCUT2D eigenvalue weighted by molar-refractivity contribution is 6.24. The number of nitrogens with zero attached hydrogens (tertiary/aromatic N) is 2. The number of ether oxygens (including phenoxy) is 1. The molecule has 2 aliphatic heterocycles. The fourth-order valence-electron chi connectivity index (χ4n) is 4.45. The zero-order valence-electron chi connectivity index (χ0n) is 17.9. The van der Waals surface area contributed by atoms with Gasteiger partial charge in [0.1, 0.15) is 11.7 Å². The van der Waals surface area contributed by atoms with Gasteiger partial charge in [-0.05, 0) is 48.0 Å². The van der Waals surface area contributed by atoms with Gasteiger partial charge in [-0.15, -0.1) is 0 Å². The third kappa shape index (κ3) is 3.58. The molecule has 9 heteroatoms. The van der Waals surface area contributed by atoms with Gasteiger partial charge in [0, 0.05) is 0 Å². The molecule has 2 heterocycles. The van der Waals surface area contributed by atoms with Crippen molar-refractivity contribution in [1.82, 2.24) is 0 Å². The molecule has 2 fully saturated rings. The first-order valence-electron chi connectivity index (χ1n) is 10.5. The third-order valence-electron chi connectivity index (χ3n) is 5.99. The van der Waals surface area contributed by atoms with Crippen LogP contribution in [0.25, 0.3) is 0 Å². The van der Waals surface area contributed by atoms with Gasteiger partial charge >= 0.3 is 6.18 Å². The molecule has 5 rings (SSSR count). The minimum Gasteiger partial charge on any atom is -0.497 e. The van der Waals surface area contributed by atoms with Gasteiger partial charge in [0.25, 0.3) is 5.91 Å². The molecule has 0 saturated carbocycles. The number of anilines is 2. The molecule has 0 N–H and O–H groups in total. The Labute approximate surface area is 193 Å². The van der Waals surface area contributed by atoms with Crippen LogP contribution < -0.4 is 14.7 Å². The Morgan fingerprint density at radius 2 is 1.56 bits per heavy atom. The van der Waals surface area contributed by atoms with E-state index in [0.717, 1.165) is 17.0 Å². The molecule has 3 aromatic carbocycles. The molecule has 3 unspecified atom stereocenters. The van der Waals surface area contributed by atoms with Crippen LogP contribution in [0.3, 0.4) is 0 Å². The molecule has 0 bridgehead atoms. The average molecular weight is 468 g/mol. The van der Waals surface area contributed by atoms with Crippen molar-refractivity contribution in [1.29, 1.82) is 0 Å². The summed E-state index contributed by atoms with van der Waals surface area (Å²) in [6.07, 6.45) is -5.79. The first kappa shape index (κ1) is 22.0. The number of carbonyl (C=O) groups is 2. The summed E-state index contributed by atoms with van der Waals surface area (Å²) in [5, 5.41) is 1.52. The van der Waals surface area contributed by atoms with Crippen molar-refractivity contribution in [2.45, 2.75) is 18.3 Å². The number of carbonyl (C=O) groups excluding carboxylic acids is 2. The third-order valence-corrected chi connectivity index (χ3v) is 5.99. The van der Waals surface area contributed by atoms with Crippen molar-refractivity contribution in [3.8, 4) is 5.75 Å². The summed E-state index contributed by atoms with van der Waals surface area (Å²) < 4.78 is 45.0. The number of benzene rings is 3. The number of hydrogen-bond donors (Lipinski definition) is 0. The second-order valence-electron chi connectivity index (χ2n) is 7.99. The summed E-state index contributed by atoms with van der Waals surface area (Å²) in [6.45, 7) is 0. The van der Waals surface area contributed by atoms with Gasteiger partial charge in [-0.2, -0.15) is 13.2 Å². The predicted octanol–water partition coefficient (Wildman–Crippen LogP) is 4.77. The lowest BCUT2D eigenvalue weighted by Gasteiger charge is -2.29. The number of amides is 2. The zero-order chi connectivity index (χ0) is 24.0. The summed E-state index contributed by atoms with van der Waals surface area (Å²) in [4.78, 5) is 33.6. The van der Waals surface area contributed by atoms with E-state index in [1.807, 2.05) is 6.07 Å². The van der Waals surface area contributed by atoms with E-state index in [-0.39, 0.29) is 5.69 Å². The van der Waals surface area contributed by atoms with E-state index in [1.165, 1.54) is 24.3 Å². The number of fused-ring (bicyclic) bond motifs is 1. The lowest BCUT2D eigenvalue weighted by atomic mass is 9.90. The summed E-state index contributed by atoms with van der Waals surface area (Å²) in [6, 6.07) is 19.5. The quantitative estimate of drug-likeness (QED) is 0.517. The van der Waals surface area contributed by atoms with Gasteiger partial charge in [-0.25, -0.2) is 9.96 Å². The number of halogens is 3. The van der Waals surface area contributed by atoms with Crippen LogP contribution in [-0.4, -0.2) is 25.0 Å². The zero-order valence-corrected chi connectivity index (χ0v) is 17.9. The predicted molar refractivity (Wildman–Crippen MR) is 117 cm³/mol. The number of imide groups is 1. The molecule has 0 spiro atoms. The monoisotopic (exact) mass is 468 g/mol. The minimum atomic E-state index is -4.61. The van der Waals surface area contributed by atoms with Crippen LogP contribution in [0.5, 0.6) is 5.75 Å². The smallest absolute Gasteiger partial charge is 0.416 e. The number of methoxy groups -OCH3 is 1. The molecule has 0 aliphatic carbocycles. The molecule has 6 nitrogen and oxygen atoms in total. The molecule has 3 aromatic rings. The highest BCUT2D eigenvalue weighted by Crippen LogP contribution is 2.48. The Bertz CT molecular complexity index is 1250. The standard InChI is InChI=1S/C25H19F3N2O4/c1-33-19-12-5-7-15(13-19)21-20-22(34-30(21)17-9-3-2-4-10-17)24(32)29(23(20)31)18-11-6-8-16(14-18)25(26,27)28/h2-14,20-22H,1H3. The summed E-state index contributed by atoms with van der Waals surface area (Å²) >= 11 is 0. The lowest BCUT2D eigenvalue weighted by molar-refractivity contribution is -0.137. The van der Waals surface area contributed by atoms with Gasteiger partial charge in [0.2, 0.25) is 5.91 Å². The first-order chi connectivity index (χ1) is 16.3. The largest absolute Gasteiger partial charge is 0.497 e. The second-order valence-corrected chi connectivity index (χ2v) is 7.99. The van der Waals surface area contributed by atoms with Crippen LogP contribution in [-0.2, 0) is 20.6 Å². The number of hydroxylamine groups is 1.